The van der Waals surface area contributed by atoms with E-state index in [2.05, 4.69) is 15.0 Å². The third-order valence-electron chi connectivity index (χ3n) is 2.64. The normalized spacial score (nSPS) is 16.8. The lowest BCUT2D eigenvalue weighted by atomic mass is 10.2. The maximum Gasteiger partial charge on any atom is 0.416 e. The quantitative estimate of drug-likeness (QED) is 0.792. The van der Waals surface area contributed by atoms with Crippen molar-refractivity contribution in [1.82, 2.24) is 19.9 Å². The lowest BCUT2D eigenvalue weighted by Gasteiger charge is -2.09. The zero-order valence-corrected chi connectivity index (χ0v) is 9.94. The maximum absolute atomic E-state index is 11.7. The summed E-state index contributed by atoms with van der Waals surface area (Å²) in [5, 5.41) is 17.0. The second-order valence-electron chi connectivity index (χ2n) is 3.92. The molecule has 2 amide bonds. The van der Waals surface area contributed by atoms with Crippen LogP contribution < -0.4 is 0 Å². The van der Waals surface area contributed by atoms with E-state index in [0.717, 1.165) is 4.90 Å². The van der Waals surface area contributed by atoms with Crippen molar-refractivity contribution in [3.8, 4) is 0 Å². The molecular formula is C10H14N4O4. The van der Waals surface area contributed by atoms with E-state index in [0.29, 0.717) is 12.1 Å². The van der Waals surface area contributed by atoms with Gasteiger partial charge in [-0.15, -0.1) is 5.10 Å². The van der Waals surface area contributed by atoms with Gasteiger partial charge in [0, 0.05) is 0 Å². The molecule has 1 aliphatic rings. The maximum atomic E-state index is 11.7. The summed E-state index contributed by atoms with van der Waals surface area (Å²) in [6.45, 7) is 2.20. The molecule has 1 unspecified atom stereocenters. The standard InChI is InChI=1S/C10H14N4O4/c1-2-8(15)7-5-13(12-11-7)6-9(16)14-3-4-18-10(14)17/h5,8,15H,2-4,6H2,1H3. The molecule has 1 aliphatic heterocycles. The minimum atomic E-state index is -0.689. The van der Waals surface area contributed by atoms with Gasteiger partial charge >= 0.3 is 6.09 Å². The lowest BCUT2D eigenvalue weighted by molar-refractivity contribution is -0.128. The van der Waals surface area contributed by atoms with Crippen LogP contribution in [-0.4, -0.2) is 50.2 Å². The fraction of sp³-hybridized carbons (Fsp3) is 0.600. The molecule has 0 bridgehead atoms. The number of amides is 2. The second kappa shape index (κ2) is 5.13. The highest BCUT2D eigenvalue weighted by molar-refractivity contribution is 5.92. The number of hydrogen-bond acceptors (Lipinski definition) is 6. The first-order chi connectivity index (χ1) is 8.61. The van der Waals surface area contributed by atoms with E-state index in [-0.39, 0.29) is 19.7 Å². The third-order valence-corrected chi connectivity index (χ3v) is 2.64. The van der Waals surface area contributed by atoms with E-state index in [1.807, 2.05) is 6.92 Å². The van der Waals surface area contributed by atoms with E-state index >= 15 is 0 Å². The zero-order valence-electron chi connectivity index (χ0n) is 9.94. The van der Waals surface area contributed by atoms with Crippen molar-refractivity contribution in [2.45, 2.75) is 26.0 Å². The van der Waals surface area contributed by atoms with E-state index < -0.39 is 18.1 Å². The topological polar surface area (TPSA) is 97.6 Å². The molecule has 1 aromatic heterocycles. The number of rotatable bonds is 4. The number of imide groups is 1. The summed E-state index contributed by atoms with van der Waals surface area (Å²) in [7, 11) is 0. The number of carbonyl (C=O) groups excluding carboxylic acids is 2. The Labute approximate surface area is 103 Å². The molecule has 0 aromatic carbocycles. The highest BCUT2D eigenvalue weighted by Gasteiger charge is 2.28. The molecule has 8 nitrogen and oxygen atoms in total. The molecule has 2 rings (SSSR count). The van der Waals surface area contributed by atoms with Crippen molar-refractivity contribution in [2.24, 2.45) is 0 Å². The number of aromatic nitrogens is 3. The molecule has 0 spiro atoms. The van der Waals surface area contributed by atoms with Gasteiger partial charge in [0.05, 0.1) is 18.8 Å². The van der Waals surface area contributed by atoms with Gasteiger partial charge in [0.2, 0.25) is 0 Å². The molecule has 0 radical (unpaired) electrons. The Morgan fingerprint density at radius 3 is 3.06 bits per heavy atom. The molecule has 1 atom stereocenters. The molecule has 8 heteroatoms. The van der Waals surface area contributed by atoms with Crippen LogP contribution in [-0.2, 0) is 16.1 Å². The van der Waals surface area contributed by atoms with Crippen molar-refractivity contribution >= 4 is 12.0 Å². The summed E-state index contributed by atoms with van der Waals surface area (Å²) < 4.78 is 5.96. The molecule has 1 fully saturated rings. The van der Waals surface area contributed by atoms with Gasteiger partial charge in [0.25, 0.3) is 5.91 Å². The highest BCUT2D eigenvalue weighted by Crippen LogP contribution is 2.12. The third kappa shape index (κ3) is 2.48. The van der Waals surface area contributed by atoms with Crippen molar-refractivity contribution in [3.05, 3.63) is 11.9 Å². The van der Waals surface area contributed by atoms with Gasteiger partial charge in [-0.2, -0.15) is 0 Å². The van der Waals surface area contributed by atoms with Crippen LogP contribution in [0.25, 0.3) is 0 Å². The van der Waals surface area contributed by atoms with Crippen molar-refractivity contribution in [2.75, 3.05) is 13.2 Å². The van der Waals surface area contributed by atoms with E-state index in [1.54, 1.807) is 0 Å². The summed E-state index contributed by atoms with van der Waals surface area (Å²) in [4.78, 5) is 23.9. The largest absolute Gasteiger partial charge is 0.447 e. The summed E-state index contributed by atoms with van der Waals surface area (Å²) in [6, 6.07) is 0. The summed E-state index contributed by atoms with van der Waals surface area (Å²) in [5.74, 6) is -0.403. The molecule has 2 heterocycles. The van der Waals surface area contributed by atoms with Gasteiger partial charge in [-0.1, -0.05) is 12.1 Å². The van der Waals surface area contributed by atoms with Gasteiger partial charge in [0.15, 0.2) is 0 Å². The van der Waals surface area contributed by atoms with Crippen molar-refractivity contribution in [1.29, 1.82) is 0 Å². The van der Waals surface area contributed by atoms with Crippen molar-refractivity contribution in [3.63, 3.8) is 0 Å². The molecule has 98 valence electrons. The van der Waals surface area contributed by atoms with Gasteiger partial charge in [-0.3, -0.25) is 4.79 Å². The smallest absolute Gasteiger partial charge is 0.416 e. The molecule has 1 saturated heterocycles. The van der Waals surface area contributed by atoms with Gasteiger partial charge in [-0.05, 0) is 6.42 Å². The molecule has 0 saturated carbocycles. The van der Waals surface area contributed by atoms with E-state index in [9.17, 15) is 14.7 Å². The monoisotopic (exact) mass is 254 g/mol. The van der Waals surface area contributed by atoms with Crippen LogP contribution in [0.1, 0.15) is 25.1 Å². The Kier molecular flexibility index (Phi) is 3.56. The average molecular weight is 254 g/mol. The van der Waals surface area contributed by atoms with Gasteiger partial charge in [-0.25, -0.2) is 14.4 Å². The van der Waals surface area contributed by atoms with Crippen LogP contribution in [0.3, 0.4) is 0 Å². The average Bonchev–Trinajstić information content (AvgIpc) is 2.97. The molecule has 0 aliphatic carbocycles. The number of ether oxygens (including phenoxy) is 1. The number of aliphatic hydroxyl groups excluding tert-OH is 1. The number of carbonyl (C=O) groups is 2. The fourth-order valence-corrected chi connectivity index (χ4v) is 1.60. The Hall–Kier alpha value is -1.96. The Morgan fingerprint density at radius 1 is 1.67 bits per heavy atom. The van der Waals surface area contributed by atoms with E-state index in [1.165, 1.54) is 10.9 Å². The Bertz CT molecular complexity index is 458. The lowest BCUT2D eigenvalue weighted by Crippen LogP contribution is -2.34. The number of aliphatic hydroxyl groups is 1. The molecular weight excluding hydrogens is 240 g/mol. The fourth-order valence-electron chi connectivity index (χ4n) is 1.60. The van der Waals surface area contributed by atoms with Crippen LogP contribution in [0.4, 0.5) is 4.79 Å². The summed E-state index contributed by atoms with van der Waals surface area (Å²) >= 11 is 0. The minimum absolute atomic E-state index is 0.0987. The van der Waals surface area contributed by atoms with Gasteiger partial charge < -0.3 is 9.84 Å². The molecule has 1 N–H and O–H groups in total. The predicted octanol–water partition coefficient (Wildman–Crippen LogP) is -0.300. The number of cyclic esters (lactones) is 1. The molecule has 18 heavy (non-hydrogen) atoms. The first kappa shape index (κ1) is 12.5. The van der Waals surface area contributed by atoms with Crippen LogP contribution in [0.2, 0.25) is 0 Å². The SMILES string of the molecule is CCC(O)c1cn(CC(=O)N2CCOC2=O)nn1. The minimum Gasteiger partial charge on any atom is -0.447 e. The number of hydrogen-bond donors (Lipinski definition) is 1. The molecule has 1 aromatic rings. The van der Waals surface area contributed by atoms with Crippen LogP contribution in [0, 0.1) is 0 Å². The number of nitrogens with zero attached hydrogens (tertiary/aromatic N) is 4. The Balaban J connectivity index is 1.99. The van der Waals surface area contributed by atoms with Crippen LogP contribution >= 0.6 is 0 Å². The van der Waals surface area contributed by atoms with Gasteiger partial charge in [0.1, 0.15) is 18.8 Å². The summed E-state index contributed by atoms with van der Waals surface area (Å²) in [5.41, 5.74) is 0.411. The summed E-state index contributed by atoms with van der Waals surface area (Å²) in [6.07, 6.45) is 0.693. The first-order valence-corrected chi connectivity index (χ1v) is 5.67. The Morgan fingerprint density at radius 2 is 2.44 bits per heavy atom. The zero-order chi connectivity index (χ0) is 13.1. The van der Waals surface area contributed by atoms with Crippen LogP contribution in [0.15, 0.2) is 6.20 Å². The first-order valence-electron chi connectivity index (χ1n) is 5.67. The van der Waals surface area contributed by atoms with Crippen molar-refractivity contribution < 1.29 is 19.4 Å². The highest BCUT2D eigenvalue weighted by atomic mass is 16.6. The predicted molar refractivity (Wildman–Crippen MR) is 58.3 cm³/mol. The van der Waals surface area contributed by atoms with Crippen LogP contribution in [0.5, 0.6) is 0 Å². The second-order valence-corrected chi connectivity index (χ2v) is 3.92. The van der Waals surface area contributed by atoms with E-state index in [4.69, 9.17) is 0 Å².